The first kappa shape index (κ1) is 32.8. The van der Waals surface area contributed by atoms with Crippen LogP contribution in [0.2, 0.25) is 0 Å². The molecular formula is C36H42FN5O4. The largest absolute Gasteiger partial charge is 0.343 e. The van der Waals surface area contributed by atoms with Crippen LogP contribution in [0.25, 0.3) is 0 Å². The fraction of sp³-hybridized carbons (Fsp3) is 0.389. The molecule has 2 fully saturated rings. The summed E-state index contributed by atoms with van der Waals surface area (Å²) < 4.78 is 13.8. The van der Waals surface area contributed by atoms with E-state index >= 15 is 0 Å². The molecule has 10 heteroatoms. The first-order valence-electron chi connectivity index (χ1n) is 15.9. The molecule has 242 valence electrons. The minimum Gasteiger partial charge on any atom is -0.343 e. The number of rotatable bonds is 9. The van der Waals surface area contributed by atoms with E-state index in [1.54, 1.807) is 35.9 Å². The molecule has 0 saturated carbocycles. The highest BCUT2D eigenvalue weighted by Crippen LogP contribution is 2.31. The van der Waals surface area contributed by atoms with Crippen LogP contribution in [0.5, 0.6) is 0 Å². The van der Waals surface area contributed by atoms with Crippen LogP contribution in [0, 0.1) is 12.7 Å². The minimum absolute atomic E-state index is 0.00576. The predicted molar refractivity (Wildman–Crippen MR) is 173 cm³/mol. The third kappa shape index (κ3) is 7.62. The molecule has 2 aliphatic rings. The van der Waals surface area contributed by atoms with Crippen molar-refractivity contribution < 1.29 is 23.6 Å². The number of amides is 4. The molecule has 5 atom stereocenters. The molecule has 3 N–H and O–H groups in total. The maximum atomic E-state index is 14.3. The van der Waals surface area contributed by atoms with Crippen molar-refractivity contribution in [2.75, 3.05) is 20.1 Å². The van der Waals surface area contributed by atoms with E-state index in [1.807, 2.05) is 61.5 Å². The number of halogens is 1. The second-order valence-corrected chi connectivity index (χ2v) is 12.3. The molecule has 2 heterocycles. The van der Waals surface area contributed by atoms with E-state index in [0.29, 0.717) is 31.4 Å². The van der Waals surface area contributed by atoms with Gasteiger partial charge in [0.2, 0.25) is 23.6 Å². The van der Waals surface area contributed by atoms with Crippen LogP contribution in [0.15, 0.2) is 78.9 Å². The Morgan fingerprint density at radius 3 is 2.22 bits per heavy atom. The van der Waals surface area contributed by atoms with Gasteiger partial charge in [-0.15, -0.1) is 0 Å². The molecule has 1 unspecified atom stereocenters. The Labute approximate surface area is 269 Å². The third-order valence-electron chi connectivity index (χ3n) is 9.09. The number of hydrogen-bond donors (Lipinski definition) is 3. The normalized spacial score (nSPS) is 21.0. The Morgan fingerprint density at radius 2 is 1.57 bits per heavy atom. The highest BCUT2D eigenvalue weighted by atomic mass is 19.1. The number of aryl methyl sites for hydroxylation is 1. The quantitative estimate of drug-likeness (QED) is 0.338. The van der Waals surface area contributed by atoms with Gasteiger partial charge >= 0.3 is 0 Å². The molecule has 0 spiro atoms. The van der Waals surface area contributed by atoms with Gasteiger partial charge in [0, 0.05) is 19.1 Å². The summed E-state index contributed by atoms with van der Waals surface area (Å²) in [6.45, 7) is 4.07. The van der Waals surface area contributed by atoms with Crippen LogP contribution in [-0.4, -0.2) is 77.7 Å². The lowest BCUT2D eigenvalue weighted by Crippen LogP contribution is -2.62. The molecule has 4 amide bonds. The summed E-state index contributed by atoms with van der Waals surface area (Å²) >= 11 is 0. The number of nitrogens with one attached hydrogen (secondary N) is 3. The molecule has 46 heavy (non-hydrogen) atoms. The summed E-state index contributed by atoms with van der Waals surface area (Å²) in [5, 5.41) is 8.89. The van der Waals surface area contributed by atoms with Gasteiger partial charge in [0.15, 0.2) is 0 Å². The number of likely N-dealkylation sites (N-methyl/N-ethyl adjacent to an activating group) is 1. The van der Waals surface area contributed by atoms with E-state index in [4.69, 9.17) is 0 Å². The van der Waals surface area contributed by atoms with E-state index < -0.39 is 24.2 Å². The first-order chi connectivity index (χ1) is 22.1. The van der Waals surface area contributed by atoms with Crippen molar-refractivity contribution in [2.45, 2.75) is 69.7 Å². The number of carbonyl (C=O) groups excluding carboxylic acids is 4. The van der Waals surface area contributed by atoms with Gasteiger partial charge in [-0.3, -0.25) is 19.2 Å². The van der Waals surface area contributed by atoms with E-state index in [2.05, 4.69) is 16.0 Å². The van der Waals surface area contributed by atoms with Gasteiger partial charge < -0.3 is 25.8 Å². The Bertz CT molecular complexity index is 1490. The standard InChI is InChI=1S/C36H42FN5O4/c1-23-9-11-26(12-10-23)33(27-13-15-28(37)16-14-27)40-35(45)31-18-17-29-19-20-41(32(43)21-25-7-5-4-6-8-25)22-30(36(46)42(29)31)39-34(44)24(2)38-3/h4-16,24,29-31,33,38H,17-22H2,1-3H3,(H,39,44)(H,40,45)/t24-,29+,30-,31-,33?/m0/s1. The second kappa shape index (κ2) is 14.7. The van der Waals surface area contributed by atoms with Crippen LogP contribution in [-0.2, 0) is 25.6 Å². The monoisotopic (exact) mass is 627 g/mol. The Kier molecular flexibility index (Phi) is 10.5. The van der Waals surface area contributed by atoms with Gasteiger partial charge in [0.05, 0.1) is 18.5 Å². The average Bonchev–Trinajstić information content (AvgIpc) is 3.48. The van der Waals surface area contributed by atoms with Gasteiger partial charge in [-0.25, -0.2) is 4.39 Å². The first-order valence-corrected chi connectivity index (χ1v) is 15.9. The highest BCUT2D eigenvalue weighted by molar-refractivity contribution is 5.94. The predicted octanol–water partition coefficient (Wildman–Crippen LogP) is 3.27. The van der Waals surface area contributed by atoms with Crippen LogP contribution >= 0.6 is 0 Å². The summed E-state index contributed by atoms with van der Waals surface area (Å²) in [4.78, 5) is 58.1. The Balaban J connectivity index is 1.40. The van der Waals surface area contributed by atoms with E-state index in [1.165, 1.54) is 12.1 Å². The molecule has 2 saturated heterocycles. The maximum absolute atomic E-state index is 14.3. The van der Waals surface area contributed by atoms with Gasteiger partial charge in [0.25, 0.3) is 0 Å². The average molecular weight is 628 g/mol. The Hall–Kier alpha value is -4.57. The van der Waals surface area contributed by atoms with Crippen molar-refractivity contribution in [1.82, 2.24) is 25.8 Å². The fourth-order valence-corrected chi connectivity index (χ4v) is 6.29. The SMILES string of the molecule is CN[C@@H](C)C(=O)N[C@H]1CN(C(=O)Cc2ccccc2)CC[C@H]2CC[C@@H](C(=O)NC(c3ccc(C)cc3)c3ccc(F)cc3)N2C1=O. The number of nitrogens with zero attached hydrogens (tertiary/aromatic N) is 2. The highest BCUT2D eigenvalue weighted by Gasteiger charge is 2.46. The van der Waals surface area contributed by atoms with Gasteiger partial charge in [-0.05, 0) is 69.0 Å². The molecule has 2 aliphatic heterocycles. The molecule has 0 bridgehead atoms. The summed E-state index contributed by atoms with van der Waals surface area (Å²) in [6.07, 6.45) is 1.73. The zero-order valence-electron chi connectivity index (χ0n) is 26.5. The molecule has 0 aromatic heterocycles. The van der Waals surface area contributed by atoms with Crippen molar-refractivity contribution >= 4 is 23.6 Å². The maximum Gasteiger partial charge on any atom is 0.247 e. The zero-order valence-corrected chi connectivity index (χ0v) is 26.5. The lowest BCUT2D eigenvalue weighted by molar-refractivity contribution is -0.147. The van der Waals surface area contributed by atoms with Crippen molar-refractivity contribution in [2.24, 2.45) is 0 Å². The molecule has 9 nitrogen and oxygen atoms in total. The summed E-state index contributed by atoms with van der Waals surface area (Å²) in [6, 6.07) is 20.0. The van der Waals surface area contributed by atoms with Crippen molar-refractivity contribution in [3.63, 3.8) is 0 Å². The zero-order chi connectivity index (χ0) is 32.8. The van der Waals surface area contributed by atoms with Crippen molar-refractivity contribution in [3.8, 4) is 0 Å². The minimum atomic E-state index is -1.02. The lowest BCUT2D eigenvalue weighted by atomic mass is 9.97. The van der Waals surface area contributed by atoms with Gasteiger partial charge in [-0.1, -0.05) is 72.3 Å². The number of fused-ring (bicyclic) bond motifs is 1. The smallest absolute Gasteiger partial charge is 0.247 e. The molecule has 3 aromatic carbocycles. The molecular weight excluding hydrogens is 585 g/mol. The van der Waals surface area contributed by atoms with Gasteiger partial charge in [-0.2, -0.15) is 0 Å². The van der Waals surface area contributed by atoms with Crippen LogP contribution in [0.1, 0.15) is 54.5 Å². The number of benzene rings is 3. The lowest BCUT2D eigenvalue weighted by Gasteiger charge is -2.39. The molecule has 5 rings (SSSR count). The van der Waals surface area contributed by atoms with Crippen molar-refractivity contribution in [3.05, 3.63) is 107 Å². The molecule has 3 aromatic rings. The van der Waals surface area contributed by atoms with Crippen LogP contribution in [0.4, 0.5) is 4.39 Å². The van der Waals surface area contributed by atoms with E-state index in [0.717, 1.165) is 16.7 Å². The summed E-state index contributed by atoms with van der Waals surface area (Å²) in [7, 11) is 1.66. The number of hydrogen-bond acceptors (Lipinski definition) is 5. The van der Waals surface area contributed by atoms with Crippen LogP contribution in [0.3, 0.4) is 0 Å². The molecule has 0 radical (unpaired) electrons. The second-order valence-electron chi connectivity index (χ2n) is 12.3. The summed E-state index contributed by atoms with van der Waals surface area (Å²) in [5.41, 5.74) is 3.48. The topological polar surface area (TPSA) is 111 Å². The van der Waals surface area contributed by atoms with Gasteiger partial charge in [0.1, 0.15) is 17.9 Å². The Morgan fingerprint density at radius 1 is 0.913 bits per heavy atom. The molecule has 0 aliphatic carbocycles. The van der Waals surface area contributed by atoms with E-state index in [9.17, 15) is 23.6 Å². The third-order valence-corrected chi connectivity index (χ3v) is 9.09. The summed E-state index contributed by atoms with van der Waals surface area (Å²) in [5.74, 6) is -1.58. The van der Waals surface area contributed by atoms with Crippen LogP contribution < -0.4 is 16.0 Å². The number of carbonyl (C=O) groups is 4. The fourth-order valence-electron chi connectivity index (χ4n) is 6.29. The van der Waals surface area contributed by atoms with E-state index in [-0.39, 0.29) is 48.5 Å². The van der Waals surface area contributed by atoms with Crippen molar-refractivity contribution in [1.29, 1.82) is 0 Å².